The highest BCUT2D eigenvalue weighted by Crippen LogP contribution is 2.19. The summed E-state index contributed by atoms with van der Waals surface area (Å²) in [5.41, 5.74) is 0.232. The van der Waals surface area contributed by atoms with Gasteiger partial charge in [0.15, 0.2) is 0 Å². The van der Waals surface area contributed by atoms with Crippen LogP contribution in [-0.2, 0) is 16.0 Å². The highest BCUT2D eigenvalue weighted by molar-refractivity contribution is 6.31. The first-order valence-electron chi connectivity index (χ1n) is 7.18. The van der Waals surface area contributed by atoms with Gasteiger partial charge in [0, 0.05) is 17.1 Å². The number of halogens is 2. The number of piperidine rings is 1. The quantitative estimate of drug-likeness (QED) is 0.789. The monoisotopic (exact) mass is 314 g/mol. The summed E-state index contributed by atoms with van der Waals surface area (Å²) in [6, 6.07) is 4.40. The van der Waals surface area contributed by atoms with Gasteiger partial charge in [-0.15, -0.1) is 0 Å². The van der Waals surface area contributed by atoms with E-state index in [1.165, 1.54) is 12.1 Å². The van der Waals surface area contributed by atoms with E-state index in [0.717, 1.165) is 25.9 Å². The summed E-state index contributed by atoms with van der Waals surface area (Å²) in [4.78, 5) is 11.8. The number of hydrogen-bond acceptors (Lipinski definition) is 3. The minimum atomic E-state index is -0.455. The minimum absolute atomic E-state index is 0.0567. The third-order valence-electron chi connectivity index (χ3n) is 3.46. The fraction of sp³-hybridized carbons (Fsp3) is 0.533. The molecule has 0 atom stereocenters. The van der Waals surface area contributed by atoms with Crippen LogP contribution in [0.1, 0.15) is 18.4 Å². The number of hydrogen-bond donors (Lipinski definition) is 2. The summed E-state index contributed by atoms with van der Waals surface area (Å²) in [5, 5.41) is 6.26. The van der Waals surface area contributed by atoms with Crippen LogP contribution in [0.3, 0.4) is 0 Å². The van der Waals surface area contributed by atoms with Gasteiger partial charge in [-0.3, -0.25) is 4.79 Å². The number of ether oxygens (including phenoxy) is 1. The molecule has 6 heteroatoms. The van der Waals surface area contributed by atoms with Gasteiger partial charge in [-0.25, -0.2) is 4.39 Å². The normalized spacial score (nSPS) is 15.9. The van der Waals surface area contributed by atoms with Gasteiger partial charge in [0.2, 0.25) is 5.91 Å². The van der Waals surface area contributed by atoms with Crippen molar-refractivity contribution < 1.29 is 13.9 Å². The molecule has 0 unspecified atom stereocenters. The number of carbonyl (C=O) groups is 1. The molecule has 2 rings (SSSR count). The van der Waals surface area contributed by atoms with Crippen molar-refractivity contribution in [1.82, 2.24) is 10.6 Å². The summed E-state index contributed by atoms with van der Waals surface area (Å²) in [6.07, 6.45) is 2.21. The lowest BCUT2D eigenvalue weighted by Crippen LogP contribution is -2.35. The summed E-state index contributed by atoms with van der Waals surface area (Å²) in [5.74, 6) is -0.709. The van der Waals surface area contributed by atoms with Crippen molar-refractivity contribution in [2.45, 2.75) is 25.4 Å². The molecule has 1 amide bonds. The van der Waals surface area contributed by atoms with E-state index >= 15 is 0 Å². The van der Waals surface area contributed by atoms with Crippen molar-refractivity contribution >= 4 is 17.5 Å². The van der Waals surface area contributed by atoms with E-state index in [1.54, 1.807) is 6.07 Å². The molecule has 116 valence electrons. The van der Waals surface area contributed by atoms with Crippen LogP contribution >= 0.6 is 11.6 Å². The largest absolute Gasteiger partial charge is 0.376 e. The molecule has 1 aliphatic rings. The molecule has 21 heavy (non-hydrogen) atoms. The van der Waals surface area contributed by atoms with Crippen molar-refractivity contribution in [3.63, 3.8) is 0 Å². The molecule has 0 aliphatic carbocycles. The molecule has 1 aromatic rings. The third kappa shape index (κ3) is 5.26. The predicted molar refractivity (Wildman–Crippen MR) is 80.0 cm³/mol. The molecule has 1 aliphatic heterocycles. The summed E-state index contributed by atoms with van der Waals surface area (Å²) in [7, 11) is 0. The molecule has 0 bridgehead atoms. The Balaban J connectivity index is 1.67. The number of amides is 1. The average molecular weight is 315 g/mol. The fourth-order valence-electron chi connectivity index (χ4n) is 2.30. The van der Waals surface area contributed by atoms with E-state index in [1.807, 2.05) is 0 Å². The first-order valence-corrected chi connectivity index (χ1v) is 7.56. The molecule has 0 aromatic heterocycles. The standard InChI is InChI=1S/C15H20ClFN2O2/c16-13-2-1-3-14(17)12(13)10-15(20)19-8-9-21-11-4-6-18-7-5-11/h1-3,11,18H,4-10H2,(H,19,20). The number of nitrogens with one attached hydrogen (secondary N) is 2. The molecule has 1 fully saturated rings. The van der Waals surface area contributed by atoms with Crippen LogP contribution in [-0.4, -0.2) is 38.3 Å². The second kappa shape index (κ2) is 8.32. The van der Waals surface area contributed by atoms with Crippen molar-refractivity contribution in [1.29, 1.82) is 0 Å². The molecule has 0 radical (unpaired) electrons. The lowest BCUT2D eigenvalue weighted by atomic mass is 10.1. The SMILES string of the molecule is O=C(Cc1c(F)cccc1Cl)NCCOC1CCNCC1. The molecule has 0 spiro atoms. The summed E-state index contributed by atoms with van der Waals surface area (Å²) < 4.78 is 19.2. The van der Waals surface area contributed by atoms with Crippen LogP contribution in [0.25, 0.3) is 0 Å². The van der Waals surface area contributed by atoms with Crippen LogP contribution in [0.4, 0.5) is 4.39 Å². The van der Waals surface area contributed by atoms with E-state index in [2.05, 4.69) is 10.6 Å². The van der Waals surface area contributed by atoms with Gasteiger partial charge in [-0.05, 0) is 38.1 Å². The van der Waals surface area contributed by atoms with Crippen LogP contribution in [0.5, 0.6) is 0 Å². The molecule has 2 N–H and O–H groups in total. The number of carbonyl (C=O) groups excluding carboxylic acids is 1. The second-order valence-corrected chi connectivity index (χ2v) is 5.45. The molecular formula is C15H20ClFN2O2. The minimum Gasteiger partial charge on any atom is -0.376 e. The van der Waals surface area contributed by atoms with Gasteiger partial charge >= 0.3 is 0 Å². The van der Waals surface area contributed by atoms with E-state index < -0.39 is 5.82 Å². The van der Waals surface area contributed by atoms with E-state index in [0.29, 0.717) is 13.2 Å². The summed E-state index contributed by atoms with van der Waals surface area (Å²) in [6.45, 7) is 2.85. The third-order valence-corrected chi connectivity index (χ3v) is 3.82. The maximum Gasteiger partial charge on any atom is 0.224 e. The first kappa shape index (κ1) is 16.2. The van der Waals surface area contributed by atoms with Gasteiger partial charge < -0.3 is 15.4 Å². The van der Waals surface area contributed by atoms with E-state index in [-0.39, 0.29) is 29.0 Å². The molecule has 0 saturated carbocycles. The Bertz CT molecular complexity index is 458. The van der Waals surface area contributed by atoms with Gasteiger partial charge in [-0.1, -0.05) is 17.7 Å². The van der Waals surface area contributed by atoms with Crippen LogP contribution in [0.2, 0.25) is 5.02 Å². The molecular weight excluding hydrogens is 295 g/mol. The molecule has 1 saturated heterocycles. The van der Waals surface area contributed by atoms with Crippen LogP contribution < -0.4 is 10.6 Å². The molecule has 1 aromatic carbocycles. The molecule has 1 heterocycles. The Morgan fingerprint density at radius 2 is 2.19 bits per heavy atom. The Morgan fingerprint density at radius 3 is 2.90 bits per heavy atom. The zero-order chi connectivity index (χ0) is 15.1. The maximum absolute atomic E-state index is 13.5. The Kier molecular flexibility index (Phi) is 6.42. The van der Waals surface area contributed by atoms with Crippen molar-refractivity contribution in [2.75, 3.05) is 26.2 Å². The zero-order valence-corrected chi connectivity index (χ0v) is 12.6. The number of benzene rings is 1. The Labute approximate surface area is 129 Å². The Hall–Kier alpha value is -1.17. The lowest BCUT2D eigenvalue weighted by molar-refractivity contribution is -0.120. The van der Waals surface area contributed by atoms with Crippen LogP contribution in [0, 0.1) is 5.82 Å². The second-order valence-electron chi connectivity index (χ2n) is 5.05. The van der Waals surface area contributed by atoms with Gasteiger partial charge in [0.25, 0.3) is 0 Å². The highest BCUT2D eigenvalue weighted by Gasteiger charge is 2.14. The van der Waals surface area contributed by atoms with Crippen LogP contribution in [0.15, 0.2) is 18.2 Å². The zero-order valence-electron chi connectivity index (χ0n) is 11.8. The smallest absolute Gasteiger partial charge is 0.224 e. The summed E-state index contributed by atoms with van der Waals surface area (Å²) >= 11 is 5.89. The Morgan fingerprint density at radius 1 is 1.43 bits per heavy atom. The van der Waals surface area contributed by atoms with Gasteiger partial charge in [-0.2, -0.15) is 0 Å². The number of rotatable bonds is 6. The van der Waals surface area contributed by atoms with Gasteiger partial charge in [0.1, 0.15) is 5.82 Å². The molecule has 4 nitrogen and oxygen atoms in total. The highest BCUT2D eigenvalue weighted by atomic mass is 35.5. The van der Waals surface area contributed by atoms with Crippen molar-refractivity contribution in [3.8, 4) is 0 Å². The first-order chi connectivity index (χ1) is 10.2. The van der Waals surface area contributed by atoms with E-state index in [9.17, 15) is 9.18 Å². The van der Waals surface area contributed by atoms with Gasteiger partial charge in [0.05, 0.1) is 19.1 Å². The average Bonchev–Trinajstić information content (AvgIpc) is 2.49. The van der Waals surface area contributed by atoms with Crippen molar-refractivity contribution in [2.24, 2.45) is 0 Å². The predicted octanol–water partition coefficient (Wildman–Crippen LogP) is 1.91. The van der Waals surface area contributed by atoms with Crippen molar-refractivity contribution in [3.05, 3.63) is 34.6 Å². The lowest BCUT2D eigenvalue weighted by Gasteiger charge is -2.22. The maximum atomic E-state index is 13.5. The van der Waals surface area contributed by atoms with E-state index in [4.69, 9.17) is 16.3 Å². The topological polar surface area (TPSA) is 50.4 Å². The fourth-order valence-corrected chi connectivity index (χ4v) is 2.53.